The van der Waals surface area contributed by atoms with Gasteiger partial charge in [0.25, 0.3) is 0 Å². The highest BCUT2D eigenvalue weighted by Gasteiger charge is 2.20. The number of carbonyl (C=O) groups excluding carboxylic acids is 1. The molecular formula is C8H13NO2. The van der Waals surface area contributed by atoms with Gasteiger partial charge in [-0.3, -0.25) is 4.79 Å². The third kappa shape index (κ3) is 3.18. The Kier molecular flexibility index (Phi) is 2.65. The van der Waals surface area contributed by atoms with E-state index in [1.165, 1.54) is 0 Å². The maximum Gasteiger partial charge on any atom is 0.244 e. The fraction of sp³-hybridized carbons (Fsp3) is 0.625. The predicted octanol–water partition coefficient (Wildman–Crippen LogP) is 0.597. The SMILES string of the molecule is CC(=CCCC1CO1)C(N)=O. The summed E-state index contributed by atoms with van der Waals surface area (Å²) >= 11 is 0. The summed E-state index contributed by atoms with van der Waals surface area (Å²) in [6.07, 6.45) is 4.19. The summed E-state index contributed by atoms with van der Waals surface area (Å²) in [6, 6.07) is 0. The minimum atomic E-state index is -0.332. The first-order chi connectivity index (χ1) is 5.20. The summed E-state index contributed by atoms with van der Waals surface area (Å²) in [4.78, 5) is 10.5. The van der Waals surface area contributed by atoms with Crippen molar-refractivity contribution in [2.45, 2.75) is 25.9 Å². The van der Waals surface area contributed by atoms with Crippen LogP contribution >= 0.6 is 0 Å². The molecule has 0 radical (unpaired) electrons. The molecule has 0 saturated carbocycles. The van der Waals surface area contributed by atoms with Crippen molar-refractivity contribution in [1.82, 2.24) is 0 Å². The number of allylic oxidation sites excluding steroid dienone is 1. The summed E-state index contributed by atoms with van der Waals surface area (Å²) in [5.41, 5.74) is 5.67. The lowest BCUT2D eigenvalue weighted by Crippen LogP contribution is -2.11. The average molecular weight is 155 g/mol. The zero-order chi connectivity index (χ0) is 8.27. The molecule has 1 atom stereocenters. The summed E-state index contributed by atoms with van der Waals surface area (Å²) in [7, 11) is 0. The number of hydrogen-bond donors (Lipinski definition) is 1. The number of nitrogens with two attached hydrogens (primary N) is 1. The van der Waals surface area contributed by atoms with E-state index in [0.29, 0.717) is 11.7 Å². The Bertz CT molecular complexity index is 183. The standard InChI is InChI=1S/C8H13NO2/c1-6(8(9)10)3-2-4-7-5-11-7/h3,7H,2,4-5H2,1H3,(H2,9,10). The van der Waals surface area contributed by atoms with Crippen LogP contribution < -0.4 is 5.73 Å². The summed E-state index contributed by atoms with van der Waals surface area (Å²) < 4.78 is 5.01. The first-order valence-electron chi connectivity index (χ1n) is 3.78. The summed E-state index contributed by atoms with van der Waals surface area (Å²) in [6.45, 7) is 2.61. The molecule has 11 heavy (non-hydrogen) atoms. The lowest BCUT2D eigenvalue weighted by molar-refractivity contribution is -0.114. The van der Waals surface area contributed by atoms with E-state index < -0.39 is 0 Å². The Balaban J connectivity index is 2.15. The minimum Gasteiger partial charge on any atom is -0.373 e. The third-order valence-electron chi connectivity index (χ3n) is 1.73. The van der Waals surface area contributed by atoms with Crippen LogP contribution in [0.15, 0.2) is 11.6 Å². The molecule has 1 aliphatic rings. The van der Waals surface area contributed by atoms with Gasteiger partial charge < -0.3 is 10.5 Å². The molecule has 0 bridgehead atoms. The smallest absolute Gasteiger partial charge is 0.244 e. The van der Waals surface area contributed by atoms with Gasteiger partial charge in [0.05, 0.1) is 12.7 Å². The molecule has 3 nitrogen and oxygen atoms in total. The number of amides is 1. The fourth-order valence-corrected chi connectivity index (χ4v) is 0.821. The van der Waals surface area contributed by atoms with E-state index in [-0.39, 0.29) is 5.91 Å². The van der Waals surface area contributed by atoms with E-state index >= 15 is 0 Å². The lowest BCUT2D eigenvalue weighted by atomic mass is 10.2. The maximum atomic E-state index is 10.5. The normalized spacial score (nSPS) is 23.4. The van der Waals surface area contributed by atoms with Gasteiger partial charge in [0.2, 0.25) is 5.91 Å². The molecule has 1 aliphatic heterocycles. The highest BCUT2D eigenvalue weighted by Crippen LogP contribution is 2.15. The van der Waals surface area contributed by atoms with Gasteiger partial charge in [-0.25, -0.2) is 0 Å². The van der Waals surface area contributed by atoms with Crippen LogP contribution in [0.4, 0.5) is 0 Å². The summed E-state index contributed by atoms with van der Waals surface area (Å²) in [5, 5.41) is 0. The zero-order valence-electron chi connectivity index (χ0n) is 6.67. The Hall–Kier alpha value is -0.830. The third-order valence-corrected chi connectivity index (χ3v) is 1.73. The quantitative estimate of drug-likeness (QED) is 0.477. The largest absolute Gasteiger partial charge is 0.373 e. The van der Waals surface area contributed by atoms with Crippen LogP contribution in [-0.2, 0) is 9.53 Å². The van der Waals surface area contributed by atoms with Crippen molar-refractivity contribution in [3.63, 3.8) is 0 Å². The molecule has 1 fully saturated rings. The number of epoxide rings is 1. The monoisotopic (exact) mass is 155 g/mol. The minimum absolute atomic E-state index is 0.332. The van der Waals surface area contributed by atoms with Crippen LogP contribution in [0.2, 0.25) is 0 Å². The van der Waals surface area contributed by atoms with Crippen molar-refractivity contribution >= 4 is 5.91 Å². The Morgan fingerprint density at radius 1 is 1.82 bits per heavy atom. The van der Waals surface area contributed by atoms with Gasteiger partial charge in [0, 0.05) is 5.57 Å². The molecule has 0 aromatic heterocycles. The van der Waals surface area contributed by atoms with E-state index in [1.54, 1.807) is 6.92 Å². The lowest BCUT2D eigenvalue weighted by Gasteiger charge is -1.92. The number of ether oxygens (including phenoxy) is 1. The van der Waals surface area contributed by atoms with Crippen LogP contribution in [0, 0.1) is 0 Å². The number of carbonyl (C=O) groups is 1. The van der Waals surface area contributed by atoms with Crippen molar-refractivity contribution in [3.05, 3.63) is 11.6 Å². The molecule has 0 spiro atoms. The van der Waals surface area contributed by atoms with Crippen LogP contribution in [-0.4, -0.2) is 18.6 Å². The molecule has 1 saturated heterocycles. The van der Waals surface area contributed by atoms with Crippen molar-refractivity contribution in [1.29, 1.82) is 0 Å². The molecule has 0 aromatic rings. The molecule has 1 unspecified atom stereocenters. The molecule has 1 heterocycles. The highest BCUT2D eigenvalue weighted by molar-refractivity contribution is 5.91. The Morgan fingerprint density at radius 3 is 2.91 bits per heavy atom. The Labute approximate surface area is 66.2 Å². The van der Waals surface area contributed by atoms with E-state index in [9.17, 15) is 4.79 Å². The number of primary amides is 1. The zero-order valence-corrected chi connectivity index (χ0v) is 6.67. The van der Waals surface area contributed by atoms with Gasteiger partial charge in [0.15, 0.2) is 0 Å². The second kappa shape index (κ2) is 3.53. The molecule has 3 heteroatoms. The molecule has 1 rings (SSSR count). The molecule has 0 aromatic carbocycles. The highest BCUT2D eigenvalue weighted by atomic mass is 16.6. The molecule has 62 valence electrons. The summed E-state index contributed by atoms with van der Waals surface area (Å²) in [5.74, 6) is -0.332. The van der Waals surface area contributed by atoms with Gasteiger partial charge >= 0.3 is 0 Å². The average Bonchev–Trinajstić information content (AvgIpc) is 2.71. The Morgan fingerprint density at radius 2 is 2.45 bits per heavy atom. The van der Waals surface area contributed by atoms with Crippen LogP contribution in [0.25, 0.3) is 0 Å². The van der Waals surface area contributed by atoms with Crippen molar-refractivity contribution < 1.29 is 9.53 Å². The molecule has 1 amide bonds. The van der Waals surface area contributed by atoms with Gasteiger partial charge in [-0.2, -0.15) is 0 Å². The maximum absolute atomic E-state index is 10.5. The van der Waals surface area contributed by atoms with E-state index in [1.807, 2.05) is 6.08 Å². The van der Waals surface area contributed by atoms with Crippen LogP contribution in [0.1, 0.15) is 19.8 Å². The van der Waals surface area contributed by atoms with Crippen molar-refractivity contribution in [2.24, 2.45) is 5.73 Å². The molecule has 0 aliphatic carbocycles. The van der Waals surface area contributed by atoms with Gasteiger partial charge in [-0.15, -0.1) is 0 Å². The van der Waals surface area contributed by atoms with Crippen molar-refractivity contribution in [2.75, 3.05) is 6.61 Å². The van der Waals surface area contributed by atoms with Gasteiger partial charge in [-0.1, -0.05) is 6.08 Å². The van der Waals surface area contributed by atoms with Crippen LogP contribution in [0.3, 0.4) is 0 Å². The van der Waals surface area contributed by atoms with E-state index in [2.05, 4.69) is 0 Å². The van der Waals surface area contributed by atoms with E-state index in [4.69, 9.17) is 10.5 Å². The topological polar surface area (TPSA) is 55.6 Å². The first kappa shape index (κ1) is 8.27. The molecule has 2 N–H and O–H groups in total. The van der Waals surface area contributed by atoms with Gasteiger partial charge in [0.1, 0.15) is 0 Å². The van der Waals surface area contributed by atoms with Crippen molar-refractivity contribution in [3.8, 4) is 0 Å². The second-order valence-corrected chi connectivity index (χ2v) is 2.78. The number of rotatable bonds is 4. The van der Waals surface area contributed by atoms with Crippen LogP contribution in [0.5, 0.6) is 0 Å². The number of hydrogen-bond acceptors (Lipinski definition) is 2. The first-order valence-corrected chi connectivity index (χ1v) is 3.78. The fourth-order valence-electron chi connectivity index (χ4n) is 0.821. The van der Waals surface area contributed by atoms with Gasteiger partial charge in [-0.05, 0) is 19.8 Å². The van der Waals surface area contributed by atoms with E-state index in [0.717, 1.165) is 19.4 Å². The second-order valence-electron chi connectivity index (χ2n) is 2.78. The molecular weight excluding hydrogens is 142 g/mol. The predicted molar refractivity (Wildman–Crippen MR) is 41.9 cm³/mol.